The van der Waals surface area contributed by atoms with E-state index in [1.165, 1.54) is 0 Å². The summed E-state index contributed by atoms with van der Waals surface area (Å²) in [6.45, 7) is 2.56. The first-order valence-corrected chi connectivity index (χ1v) is 11.4. The second-order valence-electron chi connectivity index (χ2n) is 7.79. The molecule has 1 aliphatic rings. The summed E-state index contributed by atoms with van der Waals surface area (Å²) in [4.78, 5) is 36.8. The number of hydrogen-bond donors (Lipinski definition) is 1. The maximum absolute atomic E-state index is 13.1. The number of carbonyl (C=O) groups excluding carboxylic acids is 2. The van der Waals surface area contributed by atoms with Crippen LogP contribution in [0.1, 0.15) is 57.5 Å². The number of Topliss-reactive ketones (excluding diaryl/α,β-unsaturated/α-hetero) is 1. The molecule has 2 aromatic carbocycles. The minimum absolute atomic E-state index is 0.0251. The maximum Gasteiger partial charge on any atom is 0.251 e. The molecule has 0 spiro atoms. The Balaban J connectivity index is 1.64. The number of hydrogen-bond acceptors (Lipinski definition) is 3. The van der Waals surface area contributed by atoms with Crippen LogP contribution < -0.4 is 11.3 Å². The molecule has 30 heavy (non-hydrogen) atoms. The first-order valence-electron chi connectivity index (χ1n) is 10.1. The molecule has 1 aromatic heterocycles. The van der Waals surface area contributed by atoms with Gasteiger partial charge in [-0.15, -0.1) is 0 Å². The van der Waals surface area contributed by atoms with E-state index in [1.54, 1.807) is 22.8 Å². The fourth-order valence-electron chi connectivity index (χ4n) is 3.91. The van der Waals surface area contributed by atoms with Gasteiger partial charge >= 0.3 is 0 Å². The molecule has 1 amide bonds. The first-order chi connectivity index (χ1) is 14.4. The van der Waals surface area contributed by atoms with Crippen molar-refractivity contribution < 1.29 is 9.59 Å². The van der Waals surface area contributed by atoms with E-state index >= 15 is 0 Å². The van der Waals surface area contributed by atoms with E-state index in [1.807, 2.05) is 37.3 Å². The maximum atomic E-state index is 13.1. The molecular formula is C24H23IN2O3. The zero-order chi connectivity index (χ0) is 21.4. The van der Waals surface area contributed by atoms with E-state index in [0.717, 1.165) is 34.9 Å². The molecule has 3 aromatic rings. The van der Waals surface area contributed by atoms with Gasteiger partial charge in [-0.1, -0.05) is 34.7 Å². The van der Waals surface area contributed by atoms with Crippen LogP contribution in [-0.4, -0.2) is 20.2 Å². The highest BCUT2D eigenvalue weighted by molar-refractivity contribution is 14.1. The van der Waals surface area contributed by atoms with Gasteiger partial charge in [-0.2, -0.15) is 0 Å². The number of carbonyl (C=O) groups is 2. The lowest BCUT2D eigenvalue weighted by atomic mass is 9.97. The third-order valence-corrected chi connectivity index (χ3v) is 6.71. The van der Waals surface area contributed by atoms with Crippen molar-refractivity contribution in [1.29, 1.82) is 0 Å². The molecule has 0 radical (unpaired) electrons. The van der Waals surface area contributed by atoms with Gasteiger partial charge in [0.25, 0.3) is 5.56 Å². The Hall–Kier alpha value is -2.48. The molecule has 1 fully saturated rings. The Morgan fingerprint density at radius 2 is 1.77 bits per heavy atom. The standard InChI is InChI=1S/C24H23IN2O3/c1-2-27-21-10-9-17(12-19(21)18(13-22(27)28)15-7-8-15)23(29)20(25)11-14-3-5-16(6-4-14)24(26)30/h3-6,9-10,12-13,15,20H,2,7-8,11H2,1H3,(H2,26,30). The van der Waals surface area contributed by atoms with Crippen LogP contribution >= 0.6 is 22.6 Å². The van der Waals surface area contributed by atoms with Crippen molar-refractivity contribution in [1.82, 2.24) is 4.57 Å². The van der Waals surface area contributed by atoms with Crippen molar-refractivity contribution in [3.63, 3.8) is 0 Å². The Labute approximate surface area is 188 Å². The summed E-state index contributed by atoms with van der Waals surface area (Å²) in [6, 6.07) is 14.5. The van der Waals surface area contributed by atoms with Gasteiger partial charge in [0.2, 0.25) is 5.91 Å². The van der Waals surface area contributed by atoms with Crippen LogP contribution in [0.4, 0.5) is 0 Å². The molecule has 1 atom stereocenters. The fraction of sp³-hybridized carbons (Fsp3) is 0.292. The predicted molar refractivity (Wildman–Crippen MR) is 127 cm³/mol. The molecule has 0 aliphatic heterocycles. The number of halogens is 1. The monoisotopic (exact) mass is 514 g/mol. The van der Waals surface area contributed by atoms with Gasteiger partial charge in [-0.25, -0.2) is 0 Å². The number of ketones is 1. The minimum Gasteiger partial charge on any atom is -0.366 e. The highest BCUT2D eigenvalue weighted by atomic mass is 127. The first kappa shape index (κ1) is 20.8. The molecule has 5 nitrogen and oxygen atoms in total. The summed E-state index contributed by atoms with van der Waals surface area (Å²) >= 11 is 2.18. The minimum atomic E-state index is -0.461. The van der Waals surface area contributed by atoms with E-state index in [9.17, 15) is 14.4 Å². The Kier molecular flexibility index (Phi) is 5.77. The highest BCUT2D eigenvalue weighted by Crippen LogP contribution is 2.42. The van der Waals surface area contributed by atoms with E-state index in [0.29, 0.717) is 30.0 Å². The van der Waals surface area contributed by atoms with Crippen LogP contribution in [0.25, 0.3) is 10.9 Å². The van der Waals surface area contributed by atoms with Crippen molar-refractivity contribution in [3.8, 4) is 0 Å². The summed E-state index contributed by atoms with van der Waals surface area (Å²) in [5, 5.41) is 1.01. The molecule has 1 heterocycles. The Bertz CT molecular complexity index is 1190. The van der Waals surface area contributed by atoms with Crippen LogP contribution in [0.3, 0.4) is 0 Å². The third-order valence-electron chi connectivity index (χ3n) is 5.70. The molecule has 1 unspecified atom stereocenters. The lowest BCUT2D eigenvalue weighted by molar-refractivity contribution is 0.0987. The van der Waals surface area contributed by atoms with Gasteiger partial charge in [0, 0.05) is 29.1 Å². The predicted octanol–water partition coefficient (Wildman–Crippen LogP) is 4.23. The van der Waals surface area contributed by atoms with Crippen LogP contribution in [0.2, 0.25) is 0 Å². The summed E-state index contributed by atoms with van der Waals surface area (Å²) in [5.74, 6) is 0.0283. The second kappa shape index (κ2) is 8.34. The van der Waals surface area contributed by atoms with Crippen molar-refractivity contribution in [2.24, 2.45) is 5.73 Å². The van der Waals surface area contributed by atoms with Gasteiger partial charge < -0.3 is 10.3 Å². The summed E-state index contributed by atoms with van der Waals surface area (Å²) in [7, 11) is 0. The SMILES string of the molecule is CCn1c(=O)cc(C2CC2)c2cc(C(=O)C(I)Cc3ccc(C(N)=O)cc3)ccc21. The molecule has 1 aliphatic carbocycles. The van der Waals surface area contributed by atoms with Crippen LogP contribution in [0, 0.1) is 0 Å². The number of alkyl halides is 1. The molecular weight excluding hydrogens is 491 g/mol. The Morgan fingerprint density at radius 3 is 2.37 bits per heavy atom. The molecule has 6 heteroatoms. The van der Waals surface area contributed by atoms with Crippen molar-refractivity contribution in [2.75, 3.05) is 0 Å². The second-order valence-corrected chi connectivity index (χ2v) is 9.29. The topological polar surface area (TPSA) is 82.2 Å². The number of pyridine rings is 1. The van der Waals surface area contributed by atoms with Gasteiger partial charge in [-0.05, 0) is 73.6 Å². The fourth-order valence-corrected chi connectivity index (χ4v) is 4.78. The normalized spacial score (nSPS) is 14.6. The van der Waals surface area contributed by atoms with Crippen molar-refractivity contribution in [2.45, 2.75) is 42.6 Å². The number of primary amides is 1. The highest BCUT2D eigenvalue weighted by Gasteiger charge is 2.27. The smallest absolute Gasteiger partial charge is 0.251 e. The van der Waals surface area contributed by atoms with E-state index in [2.05, 4.69) is 22.6 Å². The zero-order valence-electron chi connectivity index (χ0n) is 16.7. The third kappa shape index (κ3) is 4.05. The molecule has 154 valence electrons. The lowest BCUT2D eigenvalue weighted by Gasteiger charge is -2.14. The zero-order valence-corrected chi connectivity index (χ0v) is 18.9. The average molecular weight is 514 g/mol. The number of aryl methyl sites for hydroxylation is 1. The number of fused-ring (bicyclic) bond motifs is 1. The summed E-state index contributed by atoms with van der Waals surface area (Å²) in [6.07, 6.45) is 2.76. The number of rotatable bonds is 7. The van der Waals surface area contributed by atoms with E-state index in [4.69, 9.17) is 5.73 Å². The molecule has 2 N–H and O–H groups in total. The molecule has 4 rings (SSSR count). The van der Waals surface area contributed by atoms with Gasteiger partial charge in [0.05, 0.1) is 9.44 Å². The van der Waals surface area contributed by atoms with E-state index in [-0.39, 0.29) is 15.3 Å². The van der Waals surface area contributed by atoms with Crippen LogP contribution in [-0.2, 0) is 13.0 Å². The van der Waals surface area contributed by atoms with E-state index < -0.39 is 5.91 Å². The number of amides is 1. The molecule has 0 saturated heterocycles. The van der Waals surface area contributed by atoms with Gasteiger partial charge in [0.15, 0.2) is 5.78 Å². The number of nitrogens with two attached hydrogens (primary N) is 1. The van der Waals surface area contributed by atoms with Crippen molar-refractivity contribution >= 4 is 45.2 Å². The quantitative estimate of drug-likeness (QED) is 0.291. The molecule has 0 bridgehead atoms. The summed E-state index contributed by atoms with van der Waals surface area (Å²) < 4.78 is 1.53. The van der Waals surface area contributed by atoms with Crippen LogP contribution in [0.5, 0.6) is 0 Å². The summed E-state index contributed by atoms with van der Waals surface area (Å²) in [5.41, 5.74) is 9.38. The Morgan fingerprint density at radius 1 is 1.10 bits per heavy atom. The average Bonchev–Trinajstić information content (AvgIpc) is 3.58. The molecule has 1 saturated carbocycles. The van der Waals surface area contributed by atoms with Crippen LogP contribution in [0.15, 0.2) is 53.3 Å². The largest absolute Gasteiger partial charge is 0.366 e. The van der Waals surface area contributed by atoms with Gasteiger partial charge in [0.1, 0.15) is 0 Å². The van der Waals surface area contributed by atoms with Crippen molar-refractivity contribution in [3.05, 3.63) is 81.1 Å². The lowest BCUT2D eigenvalue weighted by Crippen LogP contribution is -2.21. The number of nitrogens with zero attached hydrogens (tertiary/aromatic N) is 1. The van der Waals surface area contributed by atoms with Gasteiger partial charge in [-0.3, -0.25) is 14.4 Å². The number of aromatic nitrogens is 1. The number of benzene rings is 2.